The van der Waals surface area contributed by atoms with Gasteiger partial charge in [-0.25, -0.2) is 0 Å². The van der Waals surface area contributed by atoms with E-state index in [2.05, 4.69) is 6.07 Å². The van der Waals surface area contributed by atoms with E-state index in [9.17, 15) is 4.79 Å². The Labute approximate surface area is 113 Å². The molecule has 0 saturated heterocycles. The number of para-hydroxylation sites is 1. The number of benzene rings is 1. The van der Waals surface area contributed by atoms with Crippen LogP contribution in [0.3, 0.4) is 0 Å². The minimum Gasteiger partial charge on any atom is -0.468 e. The molecular weight excluding hydrogens is 240 g/mol. The second-order valence-corrected chi connectivity index (χ2v) is 4.92. The third kappa shape index (κ3) is 2.63. The molecule has 1 unspecified atom stereocenters. The fraction of sp³-hybridized carbons (Fsp3) is 0.400. The molecule has 0 aliphatic carbocycles. The first-order valence-electron chi connectivity index (χ1n) is 6.43. The van der Waals surface area contributed by atoms with Gasteiger partial charge in [0.05, 0.1) is 7.11 Å². The van der Waals surface area contributed by atoms with E-state index in [1.54, 1.807) is 0 Å². The predicted molar refractivity (Wildman–Crippen MR) is 76.0 cm³/mol. The third-order valence-corrected chi connectivity index (χ3v) is 3.40. The number of ether oxygens (including phenoxy) is 1. The lowest BCUT2D eigenvalue weighted by Gasteiger charge is -2.08. The van der Waals surface area contributed by atoms with E-state index in [0.29, 0.717) is 0 Å². The van der Waals surface area contributed by atoms with E-state index in [1.165, 1.54) is 18.1 Å². The first-order chi connectivity index (χ1) is 9.04. The fourth-order valence-electron chi connectivity index (χ4n) is 2.48. The molecule has 4 heteroatoms. The highest BCUT2D eigenvalue weighted by atomic mass is 16.5. The van der Waals surface area contributed by atoms with Crippen molar-refractivity contribution in [3.05, 3.63) is 35.5 Å². The first-order valence-corrected chi connectivity index (χ1v) is 6.43. The molecule has 1 aromatic carbocycles. The van der Waals surface area contributed by atoms with Gasteiger partial charge in [0, 0.05) is 22.6 Å². The van der Waals surface area contributed by atoms with Crippen molar-refractivity contribution in [3.63, 3.8) is 0 Å². The van der Waals surface area contributed by atoms with Gasteiger partial charge in [-0.05, 0) is 31.9 Å². The largest absolute Gasteiger partial charge is 0.468 e. The lowest BCUT2D eigenvalue weighted by molar-refractivity contribution is -0.141. The van der Waals surface area contributed by atoms with Crippen LogP contribution >= 0.6 is 0 Å². The zero-order valence-corrected chi connectivity index (χ0v) is 11.6. The van der Waals surface area contributed by atoms with Crippen molar-refractivity contribution in [2.24, 2.45) is 5.73 Å². The lowest BCUT2D eigenvalue weighted by atomic mass is 10.0. The topological polar surface area (TPSA) is 57.2 Å². The van der Waals surface area contributed by atoms with Gasteiger partial charge < -0.3 is 15.0 Å². The molecular formula is C15H20N2O2. The highest BCUT2D eigenvalue weighted by molar-refractivity contribution is 5.87. The fourth-order valence-corrected chi connectivity index (χ4v) is 2.48. The van der Waals surface area contributed by atoms with E-state index >= 15 is 0 Å². The Morgan fingerprint density at radius 2 is 2.11 bits per heavy atom. The number of aromatic nitrogens is 1. The molecule has 0 aliphatic rings. The van der Waals surface area contributed by atoms with E-state index < -0.39 is 0 Å². The average molecular weight is 260 g/mol. The smallest absolute Gasteiger partial charge is 0.325 e. The Morgan fingerprint density at radius 1 is 1.42 bits per heavy atom. The summed E-state index contributed by atoms with van der Waals surface area (Å²) >= 11 is 0. The van der Waals surface area contributed by atoms with Crippen LogP contribution in [-0.4, -0.2) is 23.7 Å². The number of nitrogens with zero attached hydrogens (tertiary/aromatic N) is 1. The maximum atomic E-state index is 11.5. The van der Waals surface area contributed by atoms with Crippen molar-refractivity contribution >= 4 is 16.9 Å². The summed E-state index contributed by atoms with van der Waals surface area (Å²) in [5.41, 5.74) is 9.28. The number of hydrogen-bond donors (Lipinski definition) is 1. The van der Waals surface area contributed by atoms with Gasteiger partial charge >= 0.3 is 5.97 Å². The Bertz CT molecular complexity index is 599. The van der Waals surface area contributed by atoms with Crippen LogP contribution in [-0.2, 0) is 22.5 Å². The van der Waals surface area contributed by atoms with Crippen molar-refractivity contribution in [1.29, 1.82) is 0 Å². The normalized spacial score (nSPS) is 12.6. The van der Waals surface area contributed by atoms with Crippen molar-refractivity contribution in [2.45, 2.75) is 32.9 Å². The summed E-state index contributed by atoms with van der Waals surface area (Å²) < 4.78 is 6.76. The molecule has 0 aliphatic heterocycles. The van der Waals surface area contributed by atoms with E-state index in [0.717, 1.165) is 17.6 Å². The van der Waals surface area contributed by atoms with Crippen molar-refractivity contribution < 1.29 is 9.53 Å². The molecule has 0 fully saturated rings. The van der Waals surface area contributed by atoms with Crippen LogP contribution < -0.4 is 5.73 Å². The molecule has 0 bridgehead atoms. The Balaban J connectivity index is 2.56. The van der Waals surface area contributed by atoms with Crippen LogP contribution in [0.1, 0.15) is 18.2 Å². The summed E-state index contributed by atoms with van der Waals surface area (Å²) in [5.74, 6) is -0.240. The maximum absolute atomic E-state index is 11.5. The molecule has 2 rings (SSSR count). The summed E-state index contributed by atoms with van der Waals surface area (Å²) in [5, 5.41) is 1.17. The van der Waals surface area contributed by atoms with Gasteiger partial charge in [-0.2, -0.15) is 0 Å². The van der Waals surface area contributed by atoms with Gasteiger partial charge in [-0.15, -0.1) is 0 Å². The highest BCUT2D eigenvalue weighted by Crippen LogP contribution is 2.26. The van der Waals surface area contributed by atoms with Crippen molar-refractivity contribution in [3.8, 4) is 0 Å². The number of carbonyl (C=O) groups is 1. The Kier molecular flexibility index (Phi) is 3.90. The lowest BCUT2D eigenvalue weighted by Crippen LogP contribution is -2.18. The van der Waals surface area contributed by atoms with Crippen LogP contribution in [0.4, 0.5) is 0 Å². The summed E-state index contributed by atoms with van der Waals surface area (Å²) in [6, 6.07) is 8.18. The van der Waals surface area contributed by atoms with E-state index in [4.69, 9.17) is 10.5 Å². The minimum absolute atomic E-state index is 0.0936. The average Bonchev–Trinajstić information content (AvgIpc) is 2.64. The molecule has 2 N–H and O–H groups in total. The van der Waals surface area contributed by atoms with Crippen LogP contribution in [0.2, 0.25) is 0 Å². The molecule has 1 heterocycles. The van der Waals surface area contributed by atoms with E-state index in [1.807, 2.05) is 36.6 Å². The van der Waals surface area contributed by atoms with Gasteiger partial charge in [-0.1, -0.05) is 18.2 Å². The molecule has 0 saturated carbocycles. The SMILES string of the molecule is COC(=O)Cn1c(C)c(CC(C)N)c2ccccc21. The summed E-state index contributed by atoms with van der Waals surface area (Å²) in [6.45, 7) is 4.26. The second-order valence-electron chi connectivity index (χ2n) is 4.92. The molecule has 19 heavy (non-hydrogen) atoms. The number of hydrogen-bond acceptors (Lipinski definition) is 3. The molecule has 0 amide bonds. The second kappa shape index (κ2) is 5.45. The first kappa shape index (κ1) is 13.6. The monoisotopic (exact) mass is 260 g/mol. The maximum Gasteiger partial charge on any atom is 0.325 e. The van der Waals surface area contributed by atoms with Gasteiger partial charge in [0.2, 0.25) is 0 Å². The standard InChI is InChI=1S/C15H20N2O2/c1-10(16)8-13-11(2)17(9-15(18)19-3)14-7-5-4-6-12(13)14/h4-7,10H,8-9,16H2,1-3H3. The highest BCUT2D eigenvalue weighted by Gasteiger charge is 2.16. The molecule has 0 spiro atoms. The summed E-state index contributed by atoms with van der Waals surface area (Å²) in [7, 11) is 1.41. The molecule has 102 valence electrons. The number of fused-ring (bicyclic) bond motifs is 1. The molecule has 1 aromatic heterocycles. The summed E-state index contributed by atoms with van der Waals surface area (Å²) in [6.07, 6.45) is 0.806. The number of rotatable bonds is 4. The molecule has 0 radical (unpaired) electrons. The van der Waals surface area contributed by atoms with Crippen LogP contribution in [0.15, 0.2) is 24.3 Å². The van der Waals surface area contributed by atoms with E-state index in [-0.39, 0.29) is 18.6 Å². The predicted octanol–water partition coefficient (Wildman–Crippen LogP) is 2.01. The van der Waals surface area contributed by atoms with Crippen LogP contribution in [0.25, 0.3) is 10.9 Å². The summed E-state index contributed by atoms with van der Waals surface area (Å²) in [4.78, 5) is 11.5. The zero-order chi connectivity index (χ0) is 14.0. The van der Waals surface area contributed by atoms with Crippen molar-refractivity contribution in [2.75, 3.05) is 7.11 Å². The van der Waals surface area contributed by atoms with Gasteiger partial charge in [0.15, 0.2) is 0 Å². The molecule has 2 aromatic rings. The van der Waals surface area contributed by atoms with Crippen LogP contribution in [0.5, 0.6) is 0 Å². The number of methoxy groups -OCH3 is 1. The molecule has 1 atom stereocenters. The van der Waals surface area contributed by atoms with Crippen LogP contribution in [0, 0.1) is 6.92 Å². The van der Waals surface area contributed by atoms with Gasteiger partial charge in [-0.3, -0.25) is 4.79 Å². The molecule has 4 nitrogen and oxygen atoms in total. The van der Waals surface area contributed by atoms with Gasteiger partial charge in [0.1, 0.15) is 6.54 Å². The Hall–Kier alpha value is -1.81. The number of nitrogens with two attached hydrogens (primary N) is 1. The zero-order valence-electron chi connectivity index (χ0n) is 11.6. The third-order valence-electron chi connectivity index (χ3n) is 3.40. The minimum atomic E-state index is -0.240. The Morgan fingerprint density at radius 3 is 2.74 bits per heavy atom. The van der Waals surface area contributed by atoms with Gasteiger partial charge in [0.25, 0.3) is 0 Å². The van der Waals surface area contributed by atoms with Crippen molar-refractivity contribution in [1.82, 2.24) is 4.57 Å². The number of carbonyl (C=O) groups excluding carboxylic acids is 1. The number of esters is 1. The quantitative estimate of drug-likeness (QED) is 0.856.